The molecule has 0 saturated heterocycles. The summed E-state index contributed by atoms with van der Waals surface area (Å²) in [7, 11) is 2.09. The second-order valence-corrected chi connectivity index (χ2v) is 6.20. The van der Waals surface area contributed by atoms with Crippen LogP contribution in [0.1, 0.15) is 48.7 Å². The predicted octanol–water partition coefficient (Wildman–Crippen LogP) is 3.85. The molecule has 1 N–H and O–H groups in total. The SMILES string of the molecule is CCC1CCC(N(C)c2ccc(C(=O)O)s2)CC1. The van der Waals surface area contributed by atoms with Gasteiger partial charge in [0, 0.05) is 13.1 Å². The summed E-state index contributed by atoms with van der Waals surface area (Å²) >= 11 is 1.38. The molecule has 100 valence electrons. The highest BCUT2D eigenvalue weighted by molar-refractivity contribution is 7.17. The van der Waals surface area contributed by atoms with E-state index in [0.717, 1.165) is 10.9 Å². The summed E-state index contributed by atoms with van der Waals surface area (Å²) in [6.45, 7) is 2.27. The van der Waals surface area contributed by atoms with E-state index >= 15 is 0 Å². The van der Waals surface area contributed by atoms with Crippen LogP contribution < -0.4 is 4.90 Å². The number of carboxylic acid groups (broad SMARTS) is 1. The van der Waals surface area contributed by atoms with Gasteiger partial charge in [-0.15, -0.1) is 11.3 Å². The van der Waals surface area contributed by atoms with Crippen LogP contribution in [-0.4, -0.2) is 24.2 Å². The van der Waals surface area contributed by atoms with Gasteiger partial charge in [0.25, 0.3) is 0 Å². The van der Waals surface area contributed by atoms with Crippen molar-refractivity contribution in [3.05, 3.63) is 17.0 Å². The van der Waals surface area contributed by atoms with Crippen LogP contribution in [0.4, 0.5) is 5.00 Å². The minimum Gasteiger partial charge on any atom is -0.477 e. The Balaban J connectivity index is 1.98. The first-order valence-electron chi connectivity index (χ1n) is 6.67. The Hall–Kier alpha value is -1.03. The first-order chi connectivity index (χ1) is 8.61. The van der Waals surface area contributed by atoms with Gasteiger partial charge in [-0.3, -0.25) is 0 Å². The van der Waals surface area contributed by atoms with E-state index in [-0.39, 0.29) is 0 Å². The second-order valence-electron chi connectivity index (χ2n) is 5.14. The summed E-state index contributed by atoms with van der Waals surface area (Å²) < 4.78 is 0. The third-order valence-electron chi connectivity index (χ3n) is 4.09. The Bertz CT molecular complexity index is 408. The number of hydrogen-bond acceptors (Lipinski definition) is 3. The molecule has 1 aliphatic carbocycles. The van der Waals surface area contributed by atoms with E-state index in [0.29, 0.717) is 10.9 Å². The summed E-state index contributed by atoms with van der Waals surface area (Å²) in [6.07, 6.45) is 6.37. The van der Waals surface area contributed by atoms with Crippen molar-refractivity contribution in [3.63, 3.8) is 0 Å². The zero-order chi connectivity index (χ0) is 13.1. The van der Waals surface area contributed by atoms with E-state index in [2.05, 4.69) is 18.9 Å². The van der Waals surface area contributed by atoms with Crippen molar-refractivity contribution in [3.8, 4) is 0 Å². The molecule has 0 amide bonds. The normalized spacial score (nSPS) is 23.9. The summed E-state index contributed by atoms with van der Waals surface area (Å²) in [4.78, 5) is 13.6. The maximum absolute atomic E-state index is 10.9. The molecular weight excluding hydrogens is 246 g/mol. The molecule has 2 rings (SSSR count). The highest BCUT2D eigenvalue weighted by Crippen LogP contribution is 2.33. The van der Waals surface area contributed by atoms with Crippen molar-refractivity contribution in [2.45, 2.75) is 45.1 Å². The molecule has 3 nitrogen and oxygen atoms in total. The van der Waals surface area contributed by atoms with Crippen molar-refractivity contribution in [1.29, 1.82) is 0 Å². The van der Waals surface area contributed by atoms with E-state index in [1.54, 1.807) is 6.07 Å². The molecule has 1 heterocycles. The number of carbonyl (C=O) groups is 1. The number of hydrogen-bond donors (Lipinski definition) is 1. The van der Waals surface area contributed by atoms with Crippen LogP contribution >= 0.6 is 11.3 Å². The van der Waals surface area contributed by atoms with Crippen molar-refractivity contribution < 1.29 is 9.90 Å². The fourth-order valence-corrected chi connectivity index (χ4v) is 3.63. The molecule has 0 unspecified atom stereocenters. The number of rotatable bonds is 4. The van der Waals surface area contributed by atoms with Gasteiger partial charge < -0.3 is 10.0 Å². The van der Waals surface area contributed by atoms with Gasteiger partial charge >= 0.3 is 5.97 Å². The average Bonchev–Trinajstić information content (AvgIpc) is 2.88. The Morgan fingerprint density at radius 2 is 2.06 bits per heavy atom. The fourth-order valence-electron chi connectivity index (χ4n) is 2.75. The molecule has 1 aliphatic rings. The maximum atomic E-state index is 10.9. The molecule has 1 fully saturated rings. The van der Waals surface area contributed by atoms with Crippen LogP contribution in [0.25, 0.3) is 0 Å². The Morgan fingerprint density at radius 1 is 1.39 bits per heavy atom. The van der Waals surface area contributed by atoms with E-state index in [9.17, 15) is 4.79 Å². The topological polar surface area (TPSA) is 40.5 Å². The predicted molar refractivity (Wildman–Crippen MR) is 75.7 cm³/mol. The number of aromatic carboxylic acids is 1. The molecule has 1 aromatic heterocycles. The third-order valence-corrected chi connectivity index (χ3v) is 5.26. The zero-order valence-electron chi connectivity index (χ0n) is 11.1. The average molecular weight is 267 g/mol. The lowest BCUT2D eigenvalue weighted by atomic mass is 9.84. The first-order valence-corrected chi connectivity index (χ1v) is 7.49. The minimum atomic E-state index is -0.825. The van der Waals surface area contributed by atoms with Gasteiger partial charge in [-0.1, -0.05) is 13.3 Å². The van der Waals surface area contributed by atoms with Crippen molar-refractivity contribution in [2.75, 3.05) is 11.9 Å². The van der Waals surface area contributed by atoms with Gasteiger partial charge in [0.15, 0.2) is 0 Å². The minimum absolute atomic E-state index is 0.430. The van der Waals surface area contributed by atoms with Crippen LogP contribution in [0.3, 0.4) is 0 Å². The van der Waals surface area contributed by atoms with Crippen LogP contribution in [-0.2, 0) is 0 Å². The third kappa shape index (κ3) is 2.86. The molecule has 1 saturated carbocycles. The molecule has 0 aliphatic heterocycles. The fraction of sp³-hybridized carbons (Fsp3) is 0.643. The summed E-state index contributed by atoms with van der Waals surface area (Å²) in [5, 5.41) is 10.0. The highest BCUT2D eigenvalue weighted by Gasteiger charge is 2.24. The summed E-state index contributed by atoms with van der Waals surface area (Å²) in [5.41, 5.74) is 0. The van der Waals surface area contributed by atoms with Crippen molar-refractivity contribution >= 4 is 22.3 Å². The molecule has 4 heteroatoms. The zero-order valence-corrected chi connectivity index (χ0v) is 11.9. The molecule has 0 spiro atoms. The standard InChI is InChI=1S/C14H21NO2S/c1-3-10-4-6-11(7-5-10)15(2)13-9-8-12(18-13)14(16)17/h8-11H,3-7H2,1-2H3,(H,16,17). The van der Waals surface area contributed by atoms with Crippen molar-refractivity contribution in [2.24, 2.45) is 5.92 Å². The van der Waals surface area contributed by atoms with Crippen LogP contribution in [0.15, 0.2) is 12.1 Å². The Labute approximate surface area is 112 Å². The quantitative estimate of drug-likeness (QED) is 0.900. The Kier molecular flexibility index (Phi) is 4.27. The van der Waals surface area contributed by atoms with Gasteiger partial charge in [-0.25, -0.2) is 4.79 Å². The molecule has 0 radical (unpaired) electrons. The van der Waals surface area contributed by atoms with Gasteiger partial charge in [0.1, 0.15) is 4.88 Å². The number of thiophene rings is 1. The van der Waals surface area contributed by atoms with Crippen LogP contribution in [0.5, 0.6) is 0 Å². The van der Waals surface area contributed by atoms with Gasteiger partial charge in [-0.05, 0) is 43.7 Å². The lowest BCUT2D eigenvalue weighted by Crippen LogP contribution is -2.34. The van der Waals surface area contributed by atoms with Gasteiger partial charge in [0.05, 0.1) is 5.00 Å². The van der Waals surface area contributed by atoms with E-state index in [4.69, 9.17) is 5.11 Å². The number of anilines is 1. The van der Waals surface area contributed by atoms with E-state index in [1.807, 2.05) is 6.07 Å². The number of nitrogens with zero attached hydrogens (tertiary/aromatic N) is 1. The summed E-state index contributed by atoms with van der Waals surface area (Å²) in [6, 6.07) is 4.21. The lowest BCUT2D eigenvalue weighted by Gasteiger charge is -2.35. The molecule has 0 atom stereocenters. The molecule has 0 bridgehead atoms. The van der Waals surface area contributed by atoms with E-state index < -0.39 is 5.97 Å². The molecular formula is C14H21NO2S. The molecule has 18 heavy (non-hydrogen) atoms. The maximum Gasteiger partial charge on any atom is 0.345 e. The van der Waals surface area contributed by atoms with Gasteiger partial charge in [-0.2, -0.15) is 0 Å². The highest BCUT2D eigenvalue weighted by atomic mass is 32.1. The smallest absolute Gasteiger partial charge is 0.345 e. The Morgan fingerprint density at radius 3 is 2.56 bits per heavy atom. The largest absolute Gasteiger partial charge is 0.477 e. The lowest BCUT2D eigenvalue weighted by molar-refractivity contribution is 0.0702. The number of carboxylic acids is 1. The second kappa shape index (κ2) is 5.74. The van der Waals surface area contributed by atoms with Crippen LogP contribution in [0, 0.1) is 5.92 Å². The van der Waals surface area contributed by atoms with Crippen molar-refractivity contribution in [1.82, 2.24) is 0 Å². The first kappa shape index (κ1) is 13.4. The summed E-state index contributed by atoms with van der Waals surface area (Å²) in [5.74, 6) is 0.0712. The van der Waals surface area contributed by atoms with E-state index in [1.165, 1.54) is 43.4 Å². The molecule has 0 aromatic carbocycles. The van der Waals surface area contributed by atoms with Gasteiger partial charge in [0.2, 0.25) is 0 Å². The monoisotopic (exact) mass is 267 g/mol. The van der Waals surface area contributed by atoms with Crippen LogP contribution in [0.2, 0.25) is 0 Å². The molecule has 1 aromatic rings.